The molecule has 4 rings (SSSR count). The van der Waals surface area contributed by atoms with E-state index in [-0.39, 0.29) is 22.4 Å². The summed E-state index contributed by atoms with van der Waals surface area (Å²) in [6, 6.07) is 16.4. The zero-order valence-corrected chi connectivity index (χ0v) is 16.2. The van der Waals surface area contributed by atoms with E-state index in [1.807, 2.05) is 30.3 Å². The highest BCUT2D eigenvalue weighted by atomic mass is 16.6. The Morgan fingerprint density at radius 2 is 1.97 bits per heavy atom. The van der Waals surface area contributed by atoms with Crippen LogP contribution < -0.4 is 4.74 Å². The molecule has 29 heavy (non-hydrogen) atoms. The van der Waals surface area contributed by atoms with Crippen molar-refractivity contribution in [3.63, 3.8) is 0 Å². The first kappa shape index (κ1) is 19.0. The Kier molecular flexibility index (Phi) is 5.22. The van der Waals surface area contributed by atoms with E-state index in [0.29, 0.717) is 12.3 Å². The van der Waals surface area contributed by atoms with Gasteiger partial charge in [-0.2, -0.15) is 0 Å². The molecular formula is C22H23N3O4. The molecule has 0 spiro atoms. The van der Waals surface area contributed by atoms with Crippen LogP contribution in [0.1, 0.15) is 29.3 Å². The number of nitro groups is 1. The van der Waals surface area contributed by atoms with Crippen molar-refractivity contribution in [2.45, 2.75) is 25.6 Å². The first-order valence-corrected chi connectivity index (χ1v) is 9.56. The van der Waals surface area contributed by atoms with E-state index < -0.39 is 0 Å². The van der Waals surface area contributed by atoms with Crippen LogP contribution in [-0.4, -0.2) is 33.2 Å². The number of hydrogen-bond donors (Lipinski definition) is 1. The number of phenolic OH excluding ortho intramolecular Hbond substituents is 1. The third kappa shape index (κ3) is 3.82. The lowest BCUT2D eigenvalue weighted by Gasteiger charge is -2.30. The molecule has 150 valence electrons. The van der Waals surface area contributed by atoms with E-state index in [0.717, 1.165) is 30.6 Å². The Bertz CT molecular complexity index is 1010. The van der Waals surface area contributed by atoms with Crippen molar-refractivity contribution >= 4 is 5.69 Å². The molecule has 0 aliphatic carbocycles. The summed E-state index contributed by atoms with van der Waals surface area (Å²) < 4.78 is 7.51. The van der Waals surface area contributed by atoms with Crippen molar-refractivity contribution in [2.75, 3.05) is 13.7 Å². The quantitative estimate of drug-likeness (QED) is 0.521. The van der Waals surface area contributed by atoms with Gasteiger partial charge in [0.1, 0.15) is 0 Å². The summed E-state index contributed by atoms with van der Waals surface area (Å²) in [5.74, 6) is 0.570. The second kappa shape index (κ2) is 7.97. The molecule has 0 radical (unpaired) electrons. The molecule has 7 heteroatoms. The number of aromatic nitrogens is 1. The predicted molar refractivity (Wildman–Crippen MR) is 109 cm³/mol. The van der Waals surface area contributed by atoms with E-state index >= 15 is 0 Å². The molecule has 1 aliphatic rings. The smallest absolute Gasteiger partial charge is 0.269 e. The van der Waals surface area contributed by atoms with Crippen LogP contribution in [0, 0.1) is 10.1 Å². The Balaban J connectivity index is 1.71. The van der Waals surface area contributed by atoms with Crippen molar-refractivity contribution in [3.8, 4) is 11.5 Å². The second-order valence-electron chi connectivity index (χ2n) is 7.21. The van der Waals surface area contributed by atoms with E-state index in [4.69, 9.17) is 4.74 Å². The Morgan fingerprint density at radius 3 is 2.69 bits per heavy atom. The van der Waals surface area contributed by atoms with Gasteiger partial charge in [0, 0.05) is 43.7 Å². The number of aryl methyl sites for hydroxylation is 1. The van der Waals surface area contributed by atoms with Crippen LogP contribution in [0.2, 0.25) is 0 Å². The van der Waals surface area contributed by atoms with Gasteiger partial charge in [-0.1, -0.05) is 18.2 Å². The minimum Gasteiger partial charge on any atom is -0.504 e. The zero-order valence-electron chi connectivity index (χ0n) is 16.2. The third-order valence-electron chi connectivity index (χ3n) is 5.40. The van der Waals surface area contributed by atoms with E-state index in [2.05, 4.69) is 21.7 Å². The molecule has 0 amide bonds. The Hall–Kier alpha value is -3.32. The van der Waals surface area contributed by atoms with Gasteiger partial charge in [0.15, 0.2) is 11.5 Å². The number of hydrogen-bond acceptors (Lipinski definition) is 5. The lowest BCUT2D eigenvalue weighted by Crippen LogP contribution is -2.29. The molecule has 1 aliphatic heterocycles. The van der Waals surface area contributed by atoms with Crippen molar-refractivity contribution in [2.24, 2.45) is 0 Å². The molecule has 1 aromatic heterocycles. The molecule has 7 nitrogen and oxygen atoms in total. The Morgan fingerprint density at radius 1 is 1.17 bits per heavy atom. The molecule has 3 aromatic rings. The molecule has 1 unspecified atom stereocenters. The summed E-state index contributed by atoms with van der Waals surface area (Å²) in [5.41, 5.74) is 3.31. The average Bonchev–Trinajstić information content (AvgIpc) is 3.11. The monoisotopic (exact) mass is 393 g/mol. The van der Waals surface area contributed by atoms with E-state index in [1.54, 1.807) is 18.2 Å². The fourth-order valence-corrected chi connectivity index (χ4v) is 4.02. The fraction of sp³-hybridized carbons (Fsp3) is 0.273. The average molecular weight is 393 g/mol. The van der Waals surface area contributed by atoms with Gasteiger partial charge in [-0.3, -0.25) is 15.0 Å². The highest BCUT2D eigenvalue weighted by Gasteiger charge is 2.28. The molecule has 2 aromatic carbocycles. The maximum absolute atomic E-state index is 11.1. The zero-order chi connectivity index (χ0) is 20.4. The summed E-state index contributed by atoms with van der Waals surface area (Å²) in [7, 11) is 1.54. The number of methoxy groups -OCH3 is 1. The fourth-order valence-electron chi connectivity index (χ4n) is 4.02. The van der Waals surface area contributed by atoms with E-state index in [1.165, 1.54) is 12.8 Å². The molecule has 1 atom stereocenters. The largest absolute Gasteiger partial charge is 0.504 e. The topological polar surface area (TPSA) is 80.8 Å². The number of ether oxygens (including phenoxy) is 1. The van der Waals surface area contributed by atoms with Crippen LogP contribution in [0.3, 0.4) is 0 Å². The molecule has 0 saturated heterocycles. The van der Waals surface area contributed by atoms with Crippen LogP contribution >= 0.6 is 0 Å². The highest BCUT2D eigenvalue weighted by Crippen LogP contribution is 2.35. The van der Waals surface area contributed by atoms with Crippen molar-refractivity contribution in [1.29, 1.82) is 0 Å². The van der Waals surface area contributed by atoms with Crippen LogP contribution in [0.15, 0.2) is 60.8 Å². The number of nitrogens with zero attached hydrogens (tertiary/aromatic N) is 3. The van der Waals surface area contributed by atoms with Crippen molar-refractivity contribution in [3.05, 3.63) is 87.7 Å². The van der Waals surface area contributed by atoms with Gasteiger partial charge in [0.05, 0.1) is 18.1 Å². The Labute approximate surface area is 168 Å². The van der Waals surface area contributed by atoms with Crippen LogP contribution in [0.25, 0.3) is 0 Å². The maximum Gasteiger partial charge on any atom is 0.269 e. The van der Waals surface area contributed by atoms with Crippen molar-refractivity contribution in [1.82, 2.24) is 9.47 Å². The lowest BCUT2D eigenvalue weighted by atomic mass is 10.0. The summed E-state index contributed by atoms with van der Waals surface area (Å²) in [4.78, 5) is 13.0. The van der Waals surface area contributed by atoms with Gasteiger partial charge in [-0.25, -0.2) is 0 Å². The van der Waals surface area contributed by atoms with Gasteiger partial charge in [0.25, 0.3) is 5.69 Å². The van der Waals surface area contributed by atoms with Crippen LogP contribution in [0.4, 0.5) is 5.69 Å². The molecule has 0 bridgehead atoms. The second-order valence-corrected chi connectivity index (χ2v) is 7.21. The molecule has 2 heterocycles. The van der Waals surface area contributed by atoms with Gasteiger partial charge < -0.3 is 14.4 Å². The first-order chi connectivity index (χ1) is 14.1. The number of rotatable bonds is 5. The first-order valence-electron chi connectivity index (χ1n) is 9.56. The number of aromatic hydroxyl groups is 1. The molecular weight excluding hydrogens is 370 g/mol. The normalized spacial score (nSPS) is 16.8. The van der Waals surface area contributed by atoms with Gasteiger partial charge in [-0.15, -0.1) is 0 Å². The highest BCUT2D eigenvalue weighted by molar-refractivity contribution is 5.42. The summed E-state index contributed by atoms with van der Waals surface area (Å²) in [6.07, 6.45) is 3.08. The minimum atomic E-state index is -0.375. The van der Waals surface area contributed by atoms with Crippen LogP contribution in [-0.2, 0) is 13.1 Å². The van der Waals surface area contributed by atoms with Gasteiger partial charge in [0.2, 0.25) is 0 Å². The molecule has 1 N–H and O–H groups in total. The molecule has 0 saturated carbocycles. The summed E-state index contributed by atoms with van der Waals surface area (Å²) >= 11 is 0. The SMILES string of the molecule is COc1cc(CN2CCCn3cccc3C2c2ccc([N+](=O)[O-])cc2)ccc1O. The summed E-state index contributed by atoms with van der Waals surface area (Å²) in [6.45, 7) is 2.48. The lowest BCUT2D eigenvalue weighted by molar-refractivity contribution is -0.384. The van der Waals surface area contributed by atoms with Crippen molar-refractivity contribution < 1.29 is 14.8 Å². The molecule has 0 fully saturated rings. The third-order valence-corrected chi connectivity index (χ3v) is 5.40. The number of phenols is 1. The standard InChI is InChI=1S/C22H23N3O4/c1-29-21-14-16(5-10-20(21)26)15-24-13-3-12-23-11-2-4-19(23)22(24)17-6-8-18(9-7-17)25(27)28/h2,4-11,14,22,26H,3,12-13,15H2,1H3. The summed E-state index contributed by atoms with van der Waals surface area (Å²) in [5, 5.41) is 20.9. The predicted octanol–water partition coefficient (Wildman–Crippen LogP) is 4.11. The number of fused-ring (bicyclic) bond motifs is 1. The minimum absolute atomic E-state index is 0.0203. The maximum atomic E-state index is 11.1. The number of benzene rings is 2. The van der Waals surface area contributed by atoms with Crippen LogP contribution in [0.5, 0.6) is 11.5 Å². The van der Waals surface area contributed by atoms with Gasteiger partial charge >= 0.3 is 0 Å². The van der Waals surface area contributed by atoms with E-state index in [9.17, 15) is 15.2 Å². The number of nitro benzene ring substituents is 1. The number of non-ortho nitro benzene ring substituents is 1. The van der Waals surface area contributed by atoms with Gasteiger partial charge in [-0.05, 0) is 41.8 Å².